The van der Waals surface area contributed by atoms with Crippen molar-refractivity contribution in [2.75, 3.05) is 0 Å². The Hall–Kier alpha value is 1.66. The summed E-state index contributed by atoms with van der Waals surface area (Å²) in [5, 5.41) is 0. The van der Waals surface area contributed by atoms with Gasteiger partial charge in [0.25, 0.3) is 0 Å². The predicted molar refractivity (Wildman–Crippen MR) is 81.5 cm³/mol. The number of hydrogen-bond donors (Lipinski definition) is 0. The Kier molecular flexibility index (Phi) is 4.64. The van der Waals surface area contributed by atoms with Crippen molar-refractivity contribution >= 4 is 48.5 Å². The van der Waals surface area contributed by atoms with Gasteiger partial charge in [-0.25, -0.2) is 0 Å². The van der Waals surface area contributed by atoms with E-state index in [1.165, 1.54) is 0 Å². The molecule has 0 N–H and O–H groups in total. The van der Waals surface area contributed by atoms with Crippen molar-refractivity contribution in [3.8, 4) is 0 Å². The Morgan fingerprint density at radius 2 is 0.643 bits per heavy atom. The topological polar surface area (TPSA) is 0 Å². The van der Waals surface area contributed by atoms with E-state index in [0.717, 1.165) is 0 Å². The van der Waals surface area contributed by atoms with Crippen LogP contribution in [0.2, 0.25) is 58.9 Å². The van der Waals surface area contributed by atoms with Crippen LogP contribution < -0.4 is 0 Å². The molecular weight excluding hydrogens is 348 g/mol. The molecule has 0 amide bonds. The summed E-state index contributed by atoms with van der Waals surface area (Å²) in [7, 11) is -2.74. The van der Waals surface area contributed by atoms with Crippen molar-refractivity contribution in [3.63, 3.8) is 0 Å². The molecule has 0 bridgehead atoms. The van der Waals surface area contributed by atoms with Crippen molar-refractivity contribution in [2.24, 2.45) is 0 Å². The van der Waals surface area contributed by atoms with E-state index in [0.29, 0.717) is 0 Å². The minimum atomic E-state index is -0.928. The summed E-state index contributed by atoms with van der Waals surface area (Å²) in [5.74, 6) is 0. The van der Waals surface area contributed by atoms with Gasteiger partial charge in [0.15, 0.2) is 0 Å². The molecule has 5 heteroatoms. The van der Waals surface area contributed by atoms with Gasteiger partial charge in [0.1, 0.15) is 0 Å². The Morgan fingerprint density at radius 3 is 0.643 bits per heavy atom. The molecule has 0 aromatic heterocycles. The van der Waals surface area contributed by atoms with Crippen LogP contribution in [-0.2, 0) is 0 Å². The molecule has 0 saturated carbocycles. The molecule has 1 radical (unpaired) electrons. The van der Waals surface area contributed by atoms with Gasteiger partial charge >= 0.3 is 107 Å². The van der Waals surface area contributed by atoms with Gasteiger partial charge in [0, 0.05) is 0 Å². The molecular formula is C9H27Si4Te. The van der Waals surface area contributed by atoms with Gasteiger partial charge in [-0.1, -0.05) is 0 Å². The van der Waals surface area contributed by atoms with Gasteiger partial charge in [-0.2, -0.15) is 0 Å². The van der Waals surface area contributed by atoms with E-state index in [1.807, 2.05) is 0 Å². The SMILES string of the molecule is C[Si](C)(C)[Si]([Te])([Si](C)(C)C)[Si](C)(C)C. The standard InChI is InChI=1S/C9H27Si4Te/c1-10(2,3)13(14,11(4,5)6)12(7,8)9/h1-9H3. The molecule has 0 aliphatic heterocycles. The summed E-state index contributed by atoms with van der Waals surface area (Å²) in [6.07, 6.45) is 0. The van der Waals surface area contributed by atoms with Crippen LogP contribution in [0.4, 0.5) is 0 Å². The van der Waals surface area contributed by atoms with Crippen LogP contribution in [-0.4, -0.2) is 48.5 Å². The molecule has 0 atom stereocenters. The molecule has 85 valence electrons. The summed E-state index contributed by atoms with van der Waals surface area (Å²) in [6, 6.07) is 0. The van der Waals surface area contributed by atoms with Gasteiger partial charge in [0.2, 0.25) is 0 Å². The van der Waals surface area contributed by atoms with Crippen molar-refractivity contribution in [1.29, 1.82) is 0 Å². The fourth-order valence-electron chi connectivity index (χ4n) is 3.38. The molecule has 14 heavy (non-hydrogen) atoms. The van der Waals surface area contributed by atoms with Crippen molar-refractivity contribution < 1.29 is 0 Å². The van der Waals surface area contributed by atoms with E-state index in [4.69, 9.17) is 0 Å². The minimum absolute atomic E-state index is 0.915. The van der Waals surface area contributed by atoms with Gasteiger partial charge in [-0.05, 0) is 0 Å². The fourth-order valence-corrected chi connectivity index (χ4v) is 91.1. The maximum atomic E-state index is 2.68. The van der Waals surface area contributed by atoms with E-state index in [-0.39, 0.29) is 0 Å². The molecule has 0 fully saturated rings. The molecule has 0 nitrogen and oxygen atoms in total. The predicted octanol–water partition coefficient (Wildman–Crippen LogP) is 3.35. The van der Waals surface area contributed by atoms with E-state index in [1.54, 1.807) is 0 Å². The van der Waals surface area contributed by atoms with Crippen LogP contribution in [0.3, 0.4) is 0 Å². The zero-order valence-corrected chi connectivity index (χ0v) is 17.7. The molecule has 0 unspecified atom stereocenters. The Bertz CT molecular complexity index is 170. The molecule has 0 aliphatic carbocycles. The normalized spacial score (nSPS) is 15.9. The van der Waals surface area contributed by atoms with Crippen LogP contribution in [0.5, 0.6) is 0 Å². The van der Waals surface area contributed by atoms with Gasteiger partial charge < -0.3 is 0 Å². The summed E-state index contributed by atoms with van der Waals surface area (Å²) in [5.41, 5.74) is 0. The maximum absolute atomic E-state index is 2.68. The van der Waals surface area contributed by atoms with Crippen molar-refractivity contribution in [2.45, 2.75) is 58.9 Å². The molecule has 0 aliphatic rings. The third kappa shape index (κ3) is 2.66. The molecule has 0 saturated heterocycles. The second-order valence-corrected chi connectivity index (χ2v) is 62.4. The van der Waals surface area contributed by atoms with E-state index >= 15 is 0 Å². The fraction of sp³-hybridized carbons (Fsp3) is 1.00. The average molecular weight is 375 g/mol. The number of hydrogen-bond acceptors (Lipinski definition) is 0. The van der Waals surface area contributed by atoms with Crippen LogP contribution in [0.1, 0.15) is 0 Å². The summed E-state index contributed by atoms with van der Waals surface area (Å²) < 4.78 is -0.928. The van der Waals surface area contributed by atoms with E-state index in [9.17, 15) is 0 Å². The van der Waals surface area contributed by atoms with Gasteiger partial charge in [0.05, 0.1) is 0 Å². The summed E-state index contributed by atoms with van der Waals surface area (Å²) in [6.45, 7) is 23.7. The first-order chi connectivity index (χ1) is 5.75. The number of rotatable bonds is 3. The van der Waals surface area contributed by atoms with Gasteiger partial charge in [-0.15, -0.1) is 0 Å². The van der Waals surface area contributed by atoms with Gasteiger partial charge in [-0.3, -0.25) is 0 Å². The first-order valence-corrected chi connectivity index (χ1v) is 24.4. The average Bonchev–Trinajstić information content (AvgIpc) is 1.77. The Balaban J connectivity index is 5.54. The molecule has 0 aromatic carbocycles. The van der Waals surface area contributed by atoms with Crippen LogP contribution in [0, 0.1) is 0 Å². The molecule has 0 spiro atoms. The summed E-state index contributed by atoms with van der Waals surface area (Å²) >= 11 is 2.68. The van der Waals surface area contributed by atoms with Crippen molar-refractivity contribution in [1.82, 2.24) is 0 Å². The molecule has 0 aromatic rings. The first-order valence-electron chi connectivity index (χ1n) is 5.45. The van der Waals surface area contributed by atoms with Crippen LogP contribution in [0.25, 0.3) is 0 Å². The quantitative estimate of drug-likeness (QED) is 0.664. The van der Waals surface area contributed by atoms with E-state index in [2.05, 4.69) is 80.4 Å². The molecule has 0 heterocycles. The second-order valence-electron chi connectivity index (χ2n) is 7.43. The van der Waals surface area contributed by atoms with Crippen LogP contribution in [0.15, 0.2) is 0 Å². The van der Waals surface area contributed by atoms with Crippen LogP contribution >= 0.6 is 0 Å². The second kappa shape index (κ2) is 4.15. The first kappa shape index (κ1) is 15.7. The van der Waals surface area contributed by atoms with E-state index < -0.39 is 26.9 Å². The molecule has 0 rings (SSSR count). The third-order valence-corrected chi connectivity index (χ3v) is 116. The zero-order valence-electron chi connectivity index (χ0n) is 11.4. The summed E-state index contributed by atoms with van der Waals surface area (Å²) in [4.78, 5) is 0. The monoisotopic (exact) mass is 377 g/mol. The third-order valence-electron chi connectivity index (χ3n) is 3.17. The zero-order chi connectivity index (χ0) is 12.0. The Morgan fingerprint density at radius 1 is 0.500 bits per heavy atom. The Labute approximate surface area is 107 Å². The van der Waals surface area contributed by atoms with Crippen molar-refractivity contribution in [3.05, 3.63) is 0 Å².